The summed E-state index contributed by atoms with van der Waals surface area (Å²) in [6.45, 7) is 3.19. The van der Waals surface area contributed by atoms with Gasteiger partial charge in [-0.15, -0.1) is 0 Å². The number of carbonyl (C=O) groups excluding carboxylic acids is 1. The van der Waals surface area contributed by atoms with Crippen molar-refractivity contribution < 1.29 is 4.79 Å². The Morgan fingerprint density at radius 3 is 2.56 bits per heavy atom. The van der Waals surface area contributed by atoms with Gasteiger partial charge in [0.1, 0.15) is 0 Å². The minimum atomic E-state index is -0.482. The lowest BCUT2D eigenvalue weighted by atomic mass is 10.1. The normalized spacial score (nSPS) is 12.4. The molecule has 8 heteroatoms. The first-order chi connectivity index (χ1) is 13.0. The van der Waals surface area contributed by atoms with Gasteiger partial charge in [-0.25, -0.2) is 4.79 Å². The molecular weight excluding hydrogens is 346 g/mol. The molecule has 0 aliphatic rings. The lowest BCUT2D eigenvalue weighted by Crippen LogP contribution is -2.37. The molecule has 1 amide bonds. The molecule has 2 aromatic heterocycles. The third kappa shape index (κ3) is 2.80. The Balaban J connectivity index is 1.96. The molecule has 0 aliphatic carbocycles. The number of nitrogens with zero attached hydrogens (tertiary/aromatic N) is 2. The van der Waals surface area contributed by atoms with Crippen LogP contribution in [0.15, 0.2) is 52.1 Å². The Bertz CT molecular complexity index is 1280. The van der Waals surface area contributed by atoms with Gasteiger partial charge in [-0.05, 0) is 24.6 Å². The molecule has 4 aromatic rings. The number of aromatic nitrogens is 4. The van der Waals surface area contributed by atoms with Crippen molar-refractivity contribution in [2.75, 3.05) is 5.32 Å². The van der Waals surface area contributed by atoms with Gasteiger partial charge in [-0.2, -0.15) is 5.10 Å². The van der Waals surface area contributed by atoms with Gasteiger partial charge in [-0.1, -0.05) is 30.3 Å². The number of rotatable bonds is 3. The second-order valence-corrected chi connectivity index (χ2v) is 6.39. The first-order valence-corrected chi connectivity index (χ1v) is 8.45. The van der Waals surface area contributed by atoms with Crippen LogP contribution in [-0.2, 0) is 4.79 Å². The molecule has 136 valence electrons. The first-order valence-electron chi connectivity index (χ1n) is 8.45. The van der Waals surface area contributed by atoms with Crippen LogP contribution in [0.4, 0.5) is 5.82 Å². The van der Waals surface area contributed by atoms with Crippen LogP contribution in [0.3, 0.4) is 0 Å². The van der Waals surface area contributed by atoms with Crippen molar-refractivity contribution in [1.29, 1.82) is 0 Å². The van der Waals surface area contributed by atoms with Gasteiger partial charge in [0.25, 0.3) is 5.56 Å². The highest BCUT2D eigenvalue weighted by molar-refractivity contribution is 6.03. The molecule has 0 aliphatic heterocycles. The molecule has 0 radical (unpaired) electrons. The third-order valence-corrected chi connectivity index (χ3v) is 4.57. The van der Waals surface area contributed by atoms with Crippen LogP contribution in [0.25, 0.3) is 21.8 Å². The SMILES string of the molecule is CC(=O)Nc1n[nH]c2cc3[nH]c(=O)n([C@H](C)c4ccccc4)c(=O)c3cc12. The van der Waals surface area contributed by atoms with E-state index in [9.17, 15) is 14.4 Å². The molecule has 0 spiro atoms. The number of fused-ring (bicyclic) bond motifs is 2. The minimum Gasteiger partial charge on any atom is -0.309 e. The highest BCUT2D eigenvalue weighted by atomic mass is 16.2. The monoisotopic (exact) mass is 363 g/mol. The fourth-order valence-corrected chi connectivity index (χ4v) is 3.24. The number of nitrogens with one attached hydrogen (secondary N) is 3. The standard InChI is InChI=1S/C19H17N5O3/c1-10(12-6-4-3-5-7-12)24-18(26)14-8-13-16(9-15(14)21-19(24)27)22-23-17(13)20-11(2)25/h3-10H,1-2H3,(H,21,27)(H2,20,22,23,25)/t10-/m1/s1. The lowest BCUT2D eigenvalue weighted by molar-refractivity contribution is -0.114. The van der Waals surface area contributed by atoms with Crippen molar-refractivity contribution in [3.05, 3.63) is 68.9 Å². The van der Waals surface area contributed by atoms with Crippen LogP contribution in [0.5, 0.6) is 0 Å². The van der Waals surface area contributed by atoms with Gasteiger partial charge in [0, 0.05) is 12.3 Å². The second-order valence-electron chi connectivity index (χ2n) is 6.39. The van der Waals surface area contributed by atoms with Crippen LogP contribution in [0.1, 0.15) is 25.5 Å². The first kappa shape index (κ1) is 16.8. The second kappa shape index (κ2) is 6.24. The van der Waals surface area contributed by atoms with Crippen LogP contribution < -0.4 is 16.6 Å². The summed E-state index contributed by atoms with van der Waals surface area (Å²) in [5, 5.41) is 10.4. The largest absolute Gasteiger partial charge is 0.329 e. The van der Waals surface area contributed by atoms with E-state index in [1.54, 1.807) is 19.1 Å². The van der Waals surface area contributed by atoms with Crippen molar-refractivity contribution in [3.8, 4) is 0 Å². The van der Waals surface area contributed by atoms with E-state index >= 15 is 0 Å². The van der Waals surface area contributed by atoms with Crippen LogP contribution >= 0.6 is 0 Å². The number of amides is 1. The molecule has 27 heavy (non-hydrogen) atoms. The fourth-order valence-electron chi connectivity index (χ4n) is 3.24. The summed E-state index contributed by atoms with van der Waals surface area (Å²) in [7, 11) is 0. The van der Waals surface area contributed by atoms with E-state index in [0.717, 1.165) is 5.56 Å². The Hall–Kier alpha value is -3.68. The number of H-pyrrole nitrogens is 2. The maximum absolute atomic E-state index is 13.1. The fraction of sp³-hybridized carbons (Fsp3) is 0.158. The summed E-state index contributed by atoms with van der Waals surface area (Å²) in [4.78, 5) is 39.8. The van der Waals surface area contributed by atoms with Gasteiger partial charge < -0.3 is 10.3 Å². The maximum Gasteiger partial charge on any atom is 0.329 e. The van der Waals surface area contributed by atoms with E-state index in [4.69, 9.17) is 0 Å². The van der Waals surface area contributed by atoms with Crippen molar-refractivity contribution in [3.63, 3.8) is 0 Å². The molecule has 2 heterocycles. The highest BCUT2D eigenvalue weighted by Gasteiger charge is 2.17. The molecule has 2 aromatic carbocycles. The van der Waals surface area contributed by atoms with E-state index in [1.165, 1.54) is 11.5 Å². The van der Waals surface area contributed by atoms with Crippen molar-refractivity contribution in [1.82, 2.24) is 19.7 Å². The number of aromatic amines is 2. The van der Waals surface area contributed by atoms with Crippen LogP contribution in [0.2, 0.25) is 0 Å². The number of benzene rings is 2. The molecule has 4 rings (SSSR count). The molecule has 0 saturated heterocycles. The lowest BCUT2D eigenvalue weighted by Gasteiger charge is -2.15. The van der Waals surface area contributed by atoms with E-state index in [1.807, 2.05) is 30.3 Å². The van der Waals surface area contributed by atoms with Crippen molar-refractivity contribution in [2.45, 2.75) is 19.9 Å². The predicted octanol–water partition coefficient (Wildman–Crippen LogP) is 2.13. The Labute approximate surface area is 152 Å². The van der Waals surface area contributed by atoms with Crippen molar-refractivity contribution in [2.24, 2.45) is 0 Å². The smallest absolute Gasteiger partial charge is 0.309 e. The van der Waals surface area contributed by atoms with Gasteiger partial charge in [-0.3, -0.25) is 19.3 Å². The summed E-state index contributed by atoms with van der Waals surface area (Å²) in [5.41, 5.74) is 0.988. The van der Waals surface area contributed by atoms with Gasteiger partial charge in [0.05, 0.1) is 22.5 Å². The summed E-state index contributed by atoms with van der Waals surface area (Å²) in [5.74, 6) is 0.0766. The summed E-state index contributed by atoms with van der Waals surface area (Å²) in [6.07, 6.45) is 0. The number of carbonyl (C=O) groups is 1. The van der Waals surface area contributed by atoms with E-state index in [2.05, 4.69) is 20.5 Å². The topological polar surface area (TPSA) is 113 Å². The molecule has 8 nitrogen and oxygen atoms in total. The highest BCUT2D eigenvalue weighted by Crippen LogP contribution is 2.24. The zero-order chi connectivity index (χ0) is 19.1. The van der Waals surface area contributed by atoms with E-state index in [0.29, 0.717) is 27.6 Å². The van der Waals surface area contributed by atoms with Gasteiger partial charge >= 0.3 is 5.69 Å². The molecule has 0 saturated carbocycles. The Kier molecular flexibility index (Phi) is 3.88. The van der Waals surface area contributed by atoms with Crippen molar-refractivity contribution >= 4 is 33.5 Å². The quantitative estimate of drug-likeness (QED) is 0.517. The molecular formula is C19H17N5O3. The minimum absolute atomic E-state index is 0.264. The van der Waals surface area contributed by atoms with Crippen LogP contribution in [0, 0.1) is 0 Å². The summed E-state index contributed by atoms with van der Waals surface area (Å²) >= 11 is 0. The zero-order valence-electron chi connectivity index (χ0n) is 14.7. The molecule has 0 bridgehead atoms. The van der Waals surface area contributed by atoms with E-state index < -0.39 is 17.3 Å². The third-order valence-electron chi connectivity index (χ3n) is 4.57. The summed E-state index contributed by atoms with van der Waals surface area (Å²) in [6, 6.07) is 12.2. The zero-order valence-corrected chi connectivity index (χ0v) is 14.7. The Morgan fingerprint density at radius 1 is 1.11 bits per heavy atom. The van der Waals surface area contributed by atoms with Crippen LogP contribution in [-0.4, -0.2) is 25.7 Å². The van der Waals surface area contributed by atoms with E-state index in [-0.39, 0.29) is 5.91 Å². The summed E-state index contributed by atoms with van der Waals surface area (Å²) < 4.78 is 1.20. The van der Waals surface area contributed by atoms with Gasteiger partial charge in [0.2, 0.25) is 5.91 Å². The number of hydrogen-bond acceptors (Lipinski definition) is 4. The number of hydrogen-bond donors (Lipinski definition) is 3. The predicted molar refractivity (Wildman–Crippen MR) is 103 cm³/mol. The molecule has 0 unspecified atom stereocenters. The molecule has 1 atom stereocenters. The average molecular weight is 363 g/mol. The molecule has 0 fully saturated rings. The maximum atomic E-state index is 13.1. The van der Waals surface area contributed by atoms with Gasteiger partial charge in [0.15, 0.2) is 5.82 Å². The Morgan fingerprint density at radius 2 is 1.85 bits per heavy atom. The number of anilines is 1. The molecule has 3 N–H and O–H groups in total. The average Bonchev–Trinajstić information content (AvgIpc) is 3.02.